The highest BCUT2D eigenvalue weighted by atomic mass is 32.1. The highest BCUT2D eigenvalue weighted by molar-refractivity contribution is 7.71. The smallest absolute Gasteiger partial charge is 0.387 e. The normalized spacial score (nSPS) is 27.4. The maximum absolute atomic E-state index is 14.5. The van der Waals surface area contributed by atoms with Gasteiger partial charge in [-0.2, -0.15) is 8.62 Å². The number of ether oxygens (including phenoxy) is 1. The number of aromatic nitrogens is 1. The molecule has 6 N–H and O–H groups in total. The van der Waals surface area contributed by atoms with Crippen molar-refractivity contribution in [2.24, 2.45) is 0 Å². The van der Waals surface area contributed by atoms with Crippen LogP contribution in [0.25, 0.3) is 10.8 Å². The number of aliphatic hydroxyl groups is 2. The molecule has 3 unspecified atom stereocenters. The lowest BCUT2D eigenvalue weighted by Gasteiger charge is -2.20. The maximum Gasteiger partial charge on any atom is 0.490 e. The summed E-state index contributed by atoms with van der Waals surface area (Å²) in [5.41, 5.74) is 0. The van der Waals surface area contributed by atoms with Crippen molar-refractivity contribution in [3.63, 3.8) is 0 Å². The number of phosphoric ester groups is 1. The minimum atomic E-state index is -5.73. The quantitative estimate of drug-likeness (QED) is 0.203. The molecule has 2 heterocycles. The van der Waals surface area contributed by atoms with Gasteiger partial charge >= 0.3 is 23.5 Å². The minimum Gasteiger partial charge on any atom is -0.387 e. The van der Waals surface area contributed by atoms with Gasteiger partial charge < -0.3 is 39.1 Å². The predicted octanol–water partition coefficient (Wildman–Crippen LogP) is 1.47. The Kier molecular flexibility index (Phi) is 7.77. The number of aliphatic hydroxyl groups excluding tert-OH is 2. The zero-order valence-electron chi connectivity index (χ0n) is 16.0. The summed E-state index contributed by atoms with van der Waals surface area (Å²) in [7, 11) is -16.8. The fraction of sp³-hybridized carbons (Fsp3) is 0.357. The molecule has 3 rings (SSSR count). The number of hydrogen-bond donors (Lipinski definition) is 6. The fourth-order valence-electron chi connectivity index (χ4n) is 3.02. The largest absolute Gasteiger partial charge is 0.490 e. The van der Waals surface area contributed by atoms with Crippen LogP contribution in [0.4, 0.5) is 4.39 Å². The zero-order valence-corrected chi connectivity index (χ0v) is 19.5. The van der Waals surface area contributed by atoms with E-state index in [2.05, 4.69) is 13.1 Å². The Morgan fingerprint density at radius 1 is 1.00 bits per heavy atom. The SMILES string of the molecule is O=P(O)(O)OP(=O)(O)OP(=O)(O)OC[C@H]1O[C@@H](n2cc(F)c3ccccc3c2=S)[C@@H](O)C1O. The number of nitrogens with zero attached hydrogens (tertiary/aromatic N) is 1. The Labute approximate surface area is 189 Å². The molecule has 1 fully saturated rings. The summed E-state index contributed by atoms with van der Waals surface area (Å²) in [5.74, 6) is -0.707. The van der Waals surface area contributed by atoms with Crippen molar-refractivity contribution in [1.82, 2.24) is 4.57 Å². The average molecular weight is 551 g/mol. The predicted molar refractivity (Wildman–Crippen MR) is 108 cm³/mol. The summed E-state index contributed by atoms with van der Waals surface area (Å²) >= 11 is 5.30. The molecule has 0 saturated carbocycles. The second-order valence-electron chi connectivity index (χ2n) is 6.67. The van der Waals surface area contributed by atoms with Crippen LogP contribution in [0.1, 0.15) is 6.23 Å². The van der Waals surface area contributed by atoms with Crippen molar-refractivity contribution in [3.05, 3.63) is 40.9 Å². The van der Waals surface area contributed by atoms with Crippen LogP contribution in [0.2, 0.25) is 0 Å². The summed E-state index contributed by atoms with van der Waals surface area (Å²) in [5, 5.41) is 21.1. The zero-order chi connectivity index (χ0) is 24.8. The van der Waals surface area contributed by atoms with Gasteiger partial charge in [0.2, 0.25) is 0 Å². The first-order chi connectivity index (χ1) is 15.1. The summed E-state index contributed by atoms with van der Waals surface area (Å²) < 4.78 is 66.3. The van der Waals surface area contributed by atoms with Crippen molar-refractivity contribution in [2.75, 3.05) is 6.61 Å². The second kappa shape index (κ2) is 9.61. The Morgan fingerprint density at radius 2 is 1.61 bits per heavy atom. The third-order valence-corrected chi connectivity index (χ3v) is 8.56. The molecule has 14 nitrogen and oxygen atoms in total. The van der Waals surface area contributed by atoms with Crippen molar-refractivity contribution in [1.29, 1.82) is 0 Å². The second-order valence-corrected chi connectivity index (χ2v) is 11.5. The summed E-state index contributed by atoms with van der Waals surface area (Å²) in [4.78, 5) is 35.7. The molecule has 1 aliphatic heterocycles. The van der Waals surface area contributed by atoms with Crippen LogP contribution in [0.5, 0.6) is 0 Å². The molecule has 184 valence electrons. The lowest BCUT2D eigenvalue weighted by atomic mass is 10.1. The molecule has 2 aromatic rings. The third-order valence-electron chi connectivity index (χ3n) is 4.33. The molecular formula is C14H17FNO13P3S. The van der Waals surface area contributed by atoms with Crippen LogP contribution in [0.15, 0.2) is 30.5 Å². The van der Waals surface area contributed by atoms with Gasteiger partial charge in [0.15, 0.2) is 6.23 Å². The number of pyridine rings is 1. The Bertz CT molecular complexity index is 1250. The average Bonchev–Trinajstić information content (AvgIpc) is 2.95. The molecular weight excluding hydrogens is 534 g/mol. The van der Waals surface area contributed by atoms with Gasteiger partial charge in [0, 0.05) is 17.0 Å². The van der Waals surface area contributed by atoms with Crippen LogP contribution >= 0.6 is 35.7 Å². The number of phosphoric acid groups is 3. The molecule has 0 bridgehead atoms. The molecule has 0 spiro atoms. The van der Waals surface area contributed by atoms with Crippen LogP contribution < -0.4 is 0 Å². The number of hydrogen-bond acceptors (Lipinski definition) is 10. The van der Waals surface area contributed by atoms with E-state index in [4.69, 9.17) is 31.6 Å². The lowest BCUT2D eigenvalue weighted by Crippen LogP contribution is -2.33. The molecule has 6 atom stereocenters. The molecule has 1 saturated heterocycles. The van der Waals surface area contributed by atoms with Gasteiger partial charge in [-0.25, -0.2) is 18.1 Å². The third kappa shape index (κ3) is 6.40. The van der Waals surface area contributed by atoms with Gasteiger partial charge in [0.1, 0.15) is 28.8 Å². The van der Waals surface area contributed by atoms with E-state index in [1.165, 1.54) is 12.1 Å². The highest BCUT2D eigenvalue weighted by Crippen LogP contribution is 2.66. The van der Waals surface area contributed by atoms with E-state index in [1.807, 2.05) is 0 Å². The van der Waals surface area contributed by atoms with Crippen molar-refractivity contribution < 1.29 is 65.8 Å². The van der Waals surface area contributed by atoms with Gasteiger partial charge in [-0.1, -0.05) is 36.5 Å². The van der Waals surface area contributed by atoms with Crippen LogP contribution in [-0.2, 0) is 31.6 Å². The van der Waals surface area contributed by atoms with E-state index in [9.17, 15) is 33.2 Å². The first-order valence-electron chi connectivity index (χ1n) is 8.69. The topological polar surface area (TPSA) is 214 Å². The molecule has 0 radical (unpaired) electrons. The monoisotopic (exact) mass is 551 g/mol. The van der Waals surface area contributed by atoms with Crippen molar-refractivity contribution in [3.8, 4) is 0 Å². The van der Waals surface area contributed by atoms with Crippen molar-refractivity contribution in [2.45, 2.75) is 24.5 Å². The number of fused-ring (bicyclic) bond motifs is 1. The number of benzene rings is 1. The van der Waals surface area contributed by atoms with Gasteiger partial charge in [0.05, 0.1) is 6.61 Å². The molecule has 0 aliphatic carbocycles. The van der Waals surface area contributed by atoms with Gasteiger partial charge in [-0.15, -0.1) is 0 Å². The Hall–Kier alpha value is -0.930. The van der Waals surface area contributed by atoms with E-state index in [0.29, 0.717) is 5.39 Å². The van der Waals surface area contributed by atoms with E-state index in [1.54, 1.807) is 12.1 Å². The standard InChI is InChI=1S/C14H17FNO13P3S/c15-9-5-16(14(33)8-4-2-1-3-7(8)9)13-12(18)11(17)10(27-13)6-26-31(22,23)29-32(24,25)28-30(19,20)21/h1-5,10-13,17-18H,6H2,(H,22,23)(H,24,25)(H2,19,20,21)/t10-,11?,12+,13-/m1/s1. The highest BCUT2D eigenvalue weighted by Gasteiger charge is 2.46. The van der Waals surface area contributed by atoms with E-state index < -0.39 is 60.4 Å². The fourth-order valence-corrected chi connectivity index (χ4v) is 6.39. The molecule has 0 amide bonds. The van der Waals surface area contributed by atoms with Crippen molar-refractivity contribution >= 4 is 46.5 Å². The molecule has 1 aromatic carbocycles. The van der Waals surface area contributed by atoms with E-state index in [-0.39, 0.29) is 10.0 Å². The van der Waals surface area contributed by atoms with Crippen LogP contribution in [0, 0.1) is 10.5 Å². The first-order valence-corrected chi connectivity index (χ1v) is 13.6. The van der Waals surface area contributed by atoms with Gasteiger partial charge in [0.25, 0.3) is 0 Å². The Balaban J connectivity index is 1.75. The number of halogens is 1. The van der Waals surface area contributed by atoms with Crippen LogP contribution in [0.3, 0.4) is 0 Å². The molecule has 19 heteroatoms. The number of rotatable bonds is 8. The Morgan fingerprint density at radius 3 is 2.21 bits per heavy atom. The molecule has 1 aliphatic rings. The maximum atomic E-state index is 14.5. The lowest BCUT2D eigenvalue weighted by molar-refractivity contribution is -0.0529. The molecule has 33 heavy (non-hydrogen) atoms. The summed E-state index contributed by atoms with van der Waals surface area (Å²) in [6.45, 7) is -1.01. The van der Waals surface area contributed by atoms with Gasteiger partial charge in [-0.3, -0.25) is 4.52 Å². The molecule has 1 aromatic heterocycles. The van der Waals surface area contributed by atoms with Gasteiger partial charge in [-0.05, 0) is 0 Å². The first kappa shape index (κ1) is 26.7. The van der Waals surface area contributed by atoms with E-state index in [0.717, 1.165) is 10.8 Å². The summed E-state index contributed by atoms with van der Waals surface area (Å²) in [6.07, 6.45) is -5.49. The van der Waals surface area contributed by atoms with E-state index >= 15 is 0 Å². The summed E-state index contributed by atoms with van der Waals surface area (Å²) in [6, 6.07) is 6.21. The minimum absolute atomic E-state index is 0.0526. The van der Waals surface area contributed by atoms with Crippen LogP contribution in [-0.4, -0.2) is 59.3 Å².